The highest BCUT2D eigenvalue weighted by molar-refractivity contribution is 7.17. The first-order valence-electron chi connectivity index (χ1n) is 7.52. The number of carbonyl (C=O) groups is 1. The van der Waals surface area contributed by atoms with Gasteiger partial charge in [0.05, 0.1) is 10.4 Å². The Hall–Kier alpha value is -1.82. The highest BCUT2D eigenvalue weighted by Gasteiger charge is 2.30. The number of amides is 1. The molecule has 2 nitrogen and oxygen atoms in total. The summed E-state index contributed by atoms with van der Waals surface area (Å²) in [6.45, 7) is 0. The molecule has 122 valence electrons. The molecule has 1 heterocycles. The summed E-state index contributed by atoms with van der Waals surface area (Å²) in [5.41, 5.74) is -0.204. The molecule has 1 aromatic carbocycles. The van der Waals surface area contributed by atoms with Gasteiger partial charge in [-0.15, -0.1) is 11.3 Å². The second-order valence-electron chi connectivity index (χ2n) is 5.70. The van der Waals surface area contributed by atoms with E-state index >= 15 is 0 Å². The zero-order valence-electron chi connectivity index (χ0n) is 12.3. The molecule has 1 aliphatic carbocycles. The maximum atomic E-state index is 12.8. The van der Waals surface area contributed by atoms with Crippen molar-refractivity contribution >= 4 is 17.2 Å². The number of carbonyl (C=O) groups excluding carboxylic acids is 1. The zero-order chi connectivity index (χ0) is 16.4. The summed E-state index contributed by atoms with van der Waals surface area (Å²) in [7, 11) is 0. The van der Waals surface area contributed by atoms with Gasteiger partial charge in [0.2, 0.25) is 0 Å². The van der Waals surface area contributed by atoms with Crippen LogP contribution in [0, 0.1) is 0 Å². The predicted octanol–water partition coefficient (Wildman–Crippen LogP) is 5.11. The van der Waals surface area contributed by atoms with E-state index in [-0.39, 0.29) is 11.9 Å². The number of halogens is 3. The molecular formula is C17H16F3NOS. The van der Waals surface area contributed by atoms with Gasteiger partial charge in [-0.25, -0.2) is 0 Å². The first-order chi connectivity index (χ1) is 10.9. The van der Waals surface area contributed by atoms with E-state index in [1.165, 1.54) is 17.4 Å². The van der Waals surface area contributed by atoms with Crippen molar-refractivity contribution in [1.29, 1.82) is 0 Å². The minimum absolute atomic E-state index is 0.139. The summed E-state index contributed by atoms with van der Waals surface area (Å²) in [6, 6.07) is 8.76. The Morgan fingerprint density at radius 1 is 1.13 bits per heavy atom. The van der Waals surface area contributed by atoms with Crippen molar-refractivity contribution in [3.8, 4) is 10.4 Å². The van der Waals surface area contributed by atoms with E-state index in [1.807, 2.05) is 0 Å². The van der Waals surface area contributed by atoms with Gasteiger partial charge < -0.3 is 5.32 Å². The molecule has 0 unspecified atom stereocenters. The van der Waals surface area contributed by atoms with Gasteiger partial charge in [0.1, 0.15) is 0 Å². The second-order valence-corrected chi connectivity index (χ2v) is 6.78. The smallest absolute Gasteiger partial charge is 0.349 e. The van der Waals surface area contributed by atoms with Crippen molar-refractivity contribution in [2.45, 2.75) is 37.9 Å². The summed E-state index contributed by atoms with van der Waals surface area (Å²) in [5, 5.41) is 2.99. The Bertz CT molecular complexity index is 702. The molecule has 23 heavy (non-hydrogen) atoms. The SMILES string of the molecule is O=C(NC1CCCC1)c1ccc(-c2cccc(C(F)(F)F)c2)s1. The lowest BCUT2D eigenvalue weighted by Gasteiger charge is -2.10. The van der Waals surface area contributed by atoms with Crippen LogP contribution in [0.1, 0.15) is 40.9 Å². The molecule has 1 aromatic heterocycles. The van der Waals surface area contributed by atoms with Gasteiger partial charge in [-0.1, -0.05) is 25.0 Å². The quantitative estimate of drug-likeness (QED) is 0.827. The van der Waals surface area contributed by atoms with E-state index in [1.54, 1.807) is 18.2 Å². The first-order valence-corrected chi connectivity index (χ1v) is 8.33. The molecule has 1 aliphatic rings. The van der Waals surface area contributed by atoms with Crippen molar-refractivity contribution in [1.82, 2.24) is 5.32 Å². The second kappa shape index (κ2) is 6.35. The van der Waals surface area contributed by atoms with Crippen LogP contribution in [0.15, 0.2) is 36.4 Å². The molecule has 0 bridgehead atoms. The molecule has 0 spiro atoms. The molecule has 1 saturated carbocycles. The van der Waals surface area contributed by atoms with E-state index < -0.39 is 11.7 Å². The van der Waals surface area contributed by atoms with Crippen LogP contribution in [-0.4, -0.2) is 11.9 Å². The average molecular weight is 339 g/mol. The fourth-order valence-corrected chi connectivity index (χ4v) is 3.70. The maximum Gasteiger partial charge on any atom is 0.416 e. The number of hydrogen-bond donors (Lipinski definition) is 1. The standard InChI is InChI=1S/C17H16F3NOS/c18-17(19,20)12-5-3-4-11(10-12)14-8-9-15(23-14)16(22)21-13-6-1-2-7-13/h3-5,8-10,13H,1-2,6-7H2,(H,21,22). The molecule has 3 rings (SSSR count). The normalized spacial score (nSPS) is 15.8. The summed E-state index contributed by atoms with van der Waals surface area (Å²) in [5.74, 6) is -0.139. The Kier molecular flexibility index (Phi) is 4.43. The monoisotopic (exact) mass is 339 g/mol. The predicted molar refractivity (Wildman–Crippen MR) is 84.5 cm³/mol. The third-order valence-corrected chi connectivity index (χ3v) is 5.13. The number of rotatable bonds is 3. The Morgan fingerprint density at radius 2 is 1.87 bits per heavy atom. The molecule has 2 aromatic rings. The number of thiophene rings is 1. The van der Waals surface area contributed by atoms with Gasteiger partial charge in [-0.3, -0.25) is 4.79 Å². The number of nitrogens with one attached hydrogen (secondary N) is 1. The number of hydrogen-bond acceptors (Lipinski definition) is 2. The van der Waals surface area contributed by atoms with E-state index in [0.29, 0.717) is 15.3 Å². The van der Waals surface area contributed by atoms with Gasteiger partial charge in [0.15, 0.2) is 0 Å². The van der Waals surface area contributed by atoms with Crippen LogP contribution in [0.5, 0.6) is 0 Å². The molecule has 6 heteroatoms. The summed E-state index contributed by atoms with van der Waals surface area (Å²) in [6.07, 6.45) is -0.110. The molecule has 0 saturated heterocycles. The lowest BCUT2D eigenvalue weighted by molar-refractivity contribution is -0.137. The largest absolute Gasteiger partial charge is 0.416 e. The highest BCUT2D eigenvalue weighted by Crippen LogP contribution is 2.34. The minimum atomic E-state index is -4.37. The highest BCUT2D eigenvalue weighted by atomic mass is 32.1. The Balaban J connectivity index is 1.77. The fourth-order valence-electron chi connectivity index (χ4n) is 2.79. The van der Waals surface area contributed by atoms with Crippen LogP contribution in [0.25, 0.3) is 10.4 Å². The van der Waals surface area contributed by atoms with Crippen molar-refractivity contribution in [2.75, 3.05) is 0 Å². The van der Waals surface area contributed by atoms with Crippen LogP contribution in [0.2, 0.25) is 0 Å². The third kappa shape index (κ3) is 3.75. The fraction of sp³-hybridized carbons (Fsp3) is 0.353. The summed E-state index contributed by atoms with van der Waals surface area (Å²) in [4.78, 5) is 13.4. The number of alkyl halides is 3. The average Bonchev–Trinajstić information content (AvgIpc) is 3.17. The minimum Gasteiger partial charge on any atom is -0.349 e. The Morgan fingerprint density at radius 3 is 2.57 bits per heavy atom. The maximum absolute atomic E-state index is 12.8. The molecular weight excluding hydrogens is 323 g/mol. The zero-order valence-corrected chi connectivity index (χ0v) is 13.1. The van der Waals surface area contributed by atoms with Crippen LogP contribution < -0.4 is 5.32 Å². The molecule has 1 fully saturated rings. The van der Waals surface area contributed by atoms with Crippen molar-refractivity contribution < 1.29 is 18.0 Å². The molecule has 0 atom stereocenters. The van der Waals surface area contributed by atoms with Crippen molar-refractivity contribution in [3.05, 3.63) is 46.8 Å². The van der Waals surface area contributed by atoms with E-state index in [4.69, 9.17) is 0 Å². The first kappa shape index (κ1) is 16.1. The Labute approximate surface area is 136 Å². The summed E-state index contributed by atoms with van der Waals surface area (Å²) < 4.78 is 38.4. The van der Waals surface area contributed by atoms with Crippen LogP contribution in [-0.2, 0) is 6.18 Å². The van der Waals surface area contributed by atoms with Crippen LogP contribution in [0.3, 0.4) is 0 Å². The molecule has 0 radical (unpaired) electrons. The summed E-state index contributed by atoms with van der Waals surface area (Å²) >= 11 is 1.22. The van der Waals surface area contributed by atoms with Crippen LogP contribution >= 0.6 is 11.3 Å². The third-order valence-electron chi connectivity index (χ3n) is 3.99. The van der Waals surface area contributed by atoms with Gasteiger partial charge in [0, 0.05) is 10.9 Å². The lowest BCUT2D eigenvalue weighted by atomic mass is 10.1. The van der Waals surface area contributed by atoms with Crippen molar-refractivity contribution in [2.24, 2.45) is 0 Å². The topological polar surface area (TPSA) is 29.1 Å². The lowest BCUT2D eigenvalue weighted by Crippen LogP contribution is -2.31. The molecule has 1 N–H and O–H groups in total. The van der Waals surface area contributed by atoms with E-state index in [9.17, 15) is 18.0 Å². The van der Waals surface area contributed by atoms with Gasteiger partial charge in [0.25, 0.3) is 5.91 Å². The molecule has 0 aliphatic heterocycles. The number of benzene rings is 1. The van der Waals surface area contributed by atoms with E-state index in [2.05, 4.69) is 5.32 Å². The van der Waals surface area contributed by atoms with Gasteiger partial charge >= 0.3 is 6.18 Å². The van der Waals surface area contributed by atoms with Gasteiger partial charge in [-0.05, 0) is 42.7 Å². The van der Waals surface area contributed by atoms with Crippen molar-refractivity contribution in [3.63, 3.8) is 0 Å². The van der Waals surface area contributed by atoms with Gasteiger partial charge in [-0.2, -0.15) is 13.2 Å². The van der Waals surface area contributed by atoms with E-state index in [0.717, 1.165) is 37.8 Å². The van der Waals surface area contributed by atoms with Crippen LogP contribution in [0.4, 0.5) is 13.2 Å². The molecule has 1 amide bonds.